The van der Waals surface area contributed by atoms with Gasteiger partial charge in [0.2, 0.25) is 5.91 Å². The fraction of sp³-hybridized carbons (Fsp3) is 0.158. The molecule has 0 fully saturated rings. The summed E-state index contributed by atoms with van der Waals surface area (Å²) < 4.78 is 14.6. The maximum absolute atomic E-state index is 13.0. The first-order chi connectivity index (χ1) is 12.0. The second-order valence-electron chi connectivity index (χ2n) is 5.85. The topological polar surface area (TPSA) is 64.2 Å². The summed E-state index contributed by atoms with van der Waals surface area (Å²) in [5, 5.41) is 4.26. The van der Waals surface area contributed by atoms with Crippen molar-refractivity contribution in [1.29, 1.82) is 0 Å². The Balaban J connectivity index is 1.68. The first-order valence-electron chi connectivity index (χ1n) is 7.89. The summed E-state index contributed by atoms with van der Waals surface area (Å²) in [4.78, 5) is 14.1. The predicted octanol–water partition coefficient (Wildman–Crippen LogP) is 2.67. The minimum Gasteiger partial charge on any atom is -0.340 e. The minimum atomic E-state index is -0.696. The first kappa shape index (κ1) is 16.9. The van der Waals surface area contributed by atoms with E-state index in [-0.39, 0.29) is 11.7 Å². The summed E-state index contributed by atoms with van der Waals surface area (Å²) in [6.07, 6.45) is 3.49. The van der Waals surface area contributed by atoms with Gasteiger partial charge in [-0.25, -0.2) is 9.07 Å². The molecule has 0 unspecified atom stereocenters. The van der Waals surface area contributed by atoms with Crippen LogP contribution in [0.2, 0.25) is 0 Å². The molecule has 0 saturated carbocycles. The van der Waals surface area contributed by atoms with Crippen LogP contribution in [0.1, 0.15) is 17.2 Å². The van der Waals surface area contributed by atoms with E-state index in [1.165, 1.54) is 12.1 Å². The Bertz CT molecular complexity index is 845. The third kappa shape index (κ3) is 3.92. The number of halogens is 1. The van der Waals surface area contributed by atoms with Gasteiger partial charge in [0.25, 0.3) is 0 Å². The number of likely N-dealkylation sites (N-methyl/N-ethyl adjacent to an activating group) is 1. The number of rotatable bonds is 5. The van der Waals surface area contributed by atoms with Crippen LogP contribution in [0.3, 0.4) is 0 Å². The van der Waals surface area contributed by atoms with Gasteiger partial charge in [-0.1, -0.05) is 30.3 Å². The molecule has 0 radical (unpaired) electrons. The van der Waals surface area contributed by atoms with Crippen LogP contribution in [-0.4, -0.2) is 27.6 Å². The molecule has 0 aliphatic carbocycles. The van der Waals surface area contributed by atoms with Crippen LogP contribution in [0, 0.1) is 5.82 Å². The van der Waals surface area contributed by atoms with E-state index in [0.717, 1.165) is 16.8 Å². The molecule has 25 heavy (non-hydrogen) atoms. The SMILES string of the molecule is CN(Cc1cnn(-c2ccc(F)cc2)c1)C(=O)[C@H](N)c1ccccc1. The van der Waals surface area contributed by atoms with Crippen LogP contribution in [0.5, 0.6) is 0 Å². The maximum atomic E-state index is 13.0. The van der Waals surface area contributed by atoms with Crippen molar-refractivity contribution in [2.75, 3.05) is 7.05 Å². The van der Waals surface area contributed by atoms with E-state index in [1.807, 2.05) is 36.5 Å². The first-order valence-corrected chi connectivity index (χ1v) is 7.89. The molecule has 0 aliphatic rings. The average Bonchev–Trinajstić information content (AvgIpc) is 3.10. The zero-order valence-corrected chi connectivity index (χ0v) is 13.8. The third-order valence-corrected chi connectivity index (χ3v) is 3.95. The zero-order chi connectivity index (χ0) is 17.8. The second-order valence-corrected chi connectivity index (χ2v) is 5.85. The number of hydrogen-bond donors (Lipinski definition) is 1. The van der Waals surface area contributed by atoms with Crippen molar-refractivity contribution in [3.8, 4) is 5.69 Å². The highest BCUT2D eigenvalue weighted by Gasteiger charge is 2.20. The summed E-state index contributed by atoms with van der Waals surface area (Å²) in [6.45, 7) is 0.389. The molecule has 5 nitrogen and oxygen atoms in total. The lowest BCUT2D eigenvalue weighted by Crippen LogP contribution is -2.35. The lowest BCUT2D eigenvalue weighted by atomic mass is 10.1. The molecular formula is C19H19FN4O. The molecule has 1 heterocycles. The number of aromatic nitrogens is 2. The Labute approximate surface area is 145 Å². The molecule has 0 saturated heterocycles. The van der Waals surface area contributed by atoms with Gasteiger partial charge in [0.15, 0.2) is 0 Å². The molecule has 2 N–H and O–H groups in total. The molecule has 0 bridgehead atoms. The van der Waals surface area contributed by atoms with Gasteiger partial charge in [0.05, 0.1) is 11.9 Å². The molecule has 0 spiro atoms. The molecule has 1 amide bonds. The van der Waals surface area contributed by atoms with Crippen LogP contribution in [0.25, 0.3) is 5.69 Å². The number of nitrogens with two attached hydrogens (primary N) is 1. The molecule has 1 aromatic heterocycles. The Hall–Kier alpha value is -2.99. The van der Waals surface area contributed by atoms with Gasteiger partial charge in [-0.15, -0.1) is 0 Å². The van der Waals surface area contributed by atoms with Gasteiger partial charge in [-0.05, 0) is 29.8 Å². The number of benzene rings is 2. The third-order valence-electron chi connectivity index (χ3n) is 3.95. The van der Waals surface area contributed by atoms with Crippen LogP contribution in [0.15, 0.2) is 67.0 Å². The van der Waals surface area contributed by atoms with Crippen LogP contribution in [-0.2, 0) is 11.3 Å². The van der Waals surface area contributed by atoms with E-state index in [9.17, 15) is 9.18 Å². The van der Waals surface area contributed by atoms with Crippen LogP contribution < -0.4 is 5.73 Å². The largest absolute Gasteiger partial charge is 0.340 e. The maximum Gasteiger partial charge on any atom is 0.244 e. The van der Waals surface area contributed by atoms with Crippen molar-refractivity contribution in [3.05, 3.63) is 83.9 Å². The molecule has 1 atom stereocenters. The minimum absolute atomic E-state index is 0.166. The van der Waals surface area contributed by atoms with Crippen LogP contribution >= 0.6 is 0 Å². The van der Waals surface area contributed by atoms with Gasteiger partial charge < -0.3 is 10.6 Å². The average molecular weight is 338 g/mol. The van der Waals surface area contributed by atoms with Crippen molar-refractivity contribution in [2.45, 2.75) is 12.6 Å². The van der Waals surface area contributed by atoms with E-state index >= 15 is 0 Å². The molecule has 2 aromatic carbocycles. The summed E-state index contributed by atoms with van der Waals surface area (Å²) in [7, 11) is 1.71. The predicted molar refractivity (Wildman–Crippen MR) is 93.4 cm³/mol. The molecule has 3 aromatic rings. The lowest BCUT2D eigenvalue weighted by Gasteiger charge is -2.21. The van der Waals surface area contributed by atoms with Gasteiger partial charge >= 0.3 is 0 Å². The summed E-state index contributed by atoms with van der Waals surface area (Å²) in [5.41, 5.74) is 8.45. The highest BCUT2D eigenvalue weighted by molar-refractivity contribution is 5.82. The quantitative estimate of drug-likeness (QED) is 0.778. The van der Waals surface area contributed by atoms with E-state index in [0.29, 0.717) is 6.54 Å². The van der Waals surface area contributed by atoms with Crippen molar-refractivity contribution in [3.63, 3.8) is 0 Å². The summed E-state index contributed by atoms with van der Waals surface area (Å²) >= 11 is 0. The van der Waals surface area contributed by atoms with E-state index in [1.54, 1.807) is 35.0 Å². The highest BCUT2D eigenvalue weighted by atomic mass is 19.1. The normalized spacial score (nSPS) is 12.0. The monoisotopic (exact) mass is 338 g/mol. The Kier molecular flexibility index (Phi) is 4.90. The van der Waals surface area contributed by atoms with E-state index in [2.05, 4.69) is 5.10 Å². The number of carbonyl (C=O) groups excluding carboxylic acids is 1. The molecule has 3 rings (SSSR count). The van der Waals surface area contributed by atoms with Gasteiger partial charge in [0.1, 0.15) is 11.9 Å². The molecule has 128 valence electrons. The van der Waals surface area contributed by atoms with Gasteiger partial charge in [-0.2, -0.15) is 5.10 Å². The number of hydrogen-bond acceptors (Lipinski definition) is 3. The Morgan fingerprint density at radius 2 is 1.88 bits per heavy atom. The van der Waals surface area contributed by atoms with Crippen molar-refractivity contribution in [1.82, 2.24) is 14.7 Å². The Morgan fingerprint density at radius 1 is 1.20 bits per heavy atom. The van der Waals surface area contributed by atoms with Crippen molar-refractivity contribution in [2.24, 2.45) is 5.73 Å². The summed E-state index contributed by atoms with van der Waals surface area (Å²) in [6, 6.07) is 14.6. The van der Waals surface area contributed by atoms with E-state index < -0.39 is 6.04 Å². The standard InChI is InChI=1S/C19H19FN4O/c1-23(19(25)18(21)15-5-3-2-4-6-15)12-14-11-22-24(13-14)17-9-7-16(20)8-10-17/h2-11,13,18H,12,21H2,1H3/t18-/m1/s1. The molecule has 6 heteroatoms. The Morgan fingerprint density at radius 3 is 2.56 bits per heavy atom. The zero-order valence-electron chi connectivity index (χ0n) is 13.8. The van der Waals surface area contributed by atoms with Crippen molar-refractivity contribution < 1.29 is 9.18 Å². The number of nitrogens with zero attached hydrogens (tertiary/aromatic N) is 3. The number of carbonyl (C=O) groups is 1. The van der Waals surface area contributed by atoms with Gasteiger partial charge in [-0.3, -0.25) is 4.79 Å². The van der Waals surface area contributed by atoms with Crippen molar-refractivity contribution >= 4 is 5.91 Å². The highest BCUT2D eigenvalue weighted by Crippen LogP contribution is 2.15. The summed E-state index contributed by atoms with van der Waals surface area (Å²) in [5.74, 6) is -0.461. The fourth-order valence-electron chi connectivity index (χ4n) is 2.57. The van der Waals surface area contributed by atoms with Gasteiger partial charge in [0, 0.05) is 25.4 Å². The second kappa shape index (κ2) is 7.27. The van der Waals surface area contributed by atoms with E-state index in [4.69, 9.17) is 5.73 Å². The molecular weight excluding hydrogens is 319 g/mol. The van der Waals surface area contributed by atoms with Crippen LogP contribution in [0.4, 0.5) is 4.39 Å². The lowest BCUT2D eigenvalue weighted by molar-refractivity contribution is -0.131. The number of amides is 1. The molecule has 0 aliphatic heterocycles. The smallest absolute Gasteiger partial charge is 0.244 e. The fourth-order valence-corrected chi connectivity index (χ4v) is 2.57.